The molecule has 14 heavy (non-hydrogen) atoms. The van der Waals surface area contributed by atoms with Crippen LogP contribution in [0.3, 0.4) is 0 Å². The van der Waals surface area contributed by atoms with Crippen LogP contribution in [0, 0.1) is 13.8 Å². The molecule has 0 amide bonds. The number of hydrogen-bond acceptors (Lipinski definition) is 1. The largest absolute Gasteiger partial charge is 0.318 e. The molecule has 2 rings (SSSR count). The van der Waals surface area contributed by atoms with E-state index in [2.05, 4.69) is 0 Å². The number of hydrogen-bond donors (Lipinski definition) is 0. The second-order valence-corrected chi connectivity index (χ2v) is 3.78. The van der Waals surface area contributed by atoms with Crippen molar-refractivity contribution in [3.63, 3.8) is 0 Å². The van der Waals surface area contributed by atoms with Gasteiger partial charge in [0.15, 0.2) is 0 Å². The molecular weight excluding hydrogens is 174 g/mol. The Morgan fingerprint density at radius 1 is 1.14 bits per heavy atom. The summed E-state index contributed by atoms with van der Waals surface area (Å²) in [5.74, 6) is 0. The Kier molecular flexibility index (Phi) is 1.92. The third-order valence-electron chi connectivity index (χ3n) is 2.54. The molecule has 0 aliphatic rings. The summed E-state index contributed by atoms with van der Waals surface area (Å²) in [5.41, 5.74) is 2.34. The monoisotopic (exact) mass is 187 g/mol. The van der Waals surface area contributed by atoms with Crippen molar-refractivity contribution in [3.8, 4) is 0 Å². The van der Waals surface area contributed by atoms with Gasteiger partial charge in [0, 0.05) is 18.6 Å². The van der Waals surface area contributed by atoms with Crippen molar-refractivity contribution in [2.45, 2.75) is 13.8 Å². The quantitative estimate of drug-likeness (QED) is 0.619. The molecule has 0 saturated heterocycles. The summed E-state index contributed by atoms with van der Waals surface area (Å²) >= 11 is 0. The van der Waals surface area contributed by atoms with Gasteiger partial charge < -0.3 is 4.57 Å². The Morgan fingerprint density at radius 3 is 2.57 bits per heavy atom. The van der Waals surface area contributed by atoms with E-state index in [0.717, 1.165) is 21.9 Å². The number of benzene rings is 1. The molecule has 0 saturated carbocycles. The van der Waals surface area contributed by atoms with E-state index in [9.17, 15) is 4.79 Å². The van der Waals surface area contributed by atoms with Gasteiger partial charge in [-0.05, 0) is 30.9 Å². The number of pyridine rings is 1. The standard InChI is InChI=1S/C12H13NO/c1-8-4-5-10-9(2)7-13(3)12(14)11(10)6-8/h4-7H,1-3H3. The van der Waals surface area contributed by atoms with E-state index in [4.69, 9.17) is 0 Å². The Bertz CT molecular complexity index is 552. The van der Waals surface area contributed by atoms with E-state index < -0.39 is 0 Å². The lowest BCUT2D eigenvalue weighted by atomic mass is 10.1. The van der Waals surface area contributed by atoms with Crippen molar-refractivity contribution < 1.29 is 0 Å². The number of aryl methyl sites for hydroxylation is 3. The Hall–Kier alpha value is -1.57. The van der Waals surface area contributed by atoms with Crippen LogP contribution in [-0.2, 0) is 7.05 Å². The minimum Gasteiger partial charge on any atom is -0.318 e. The summed E-state index contributed by atoms with van der Waals surface area (Å²) in [6.45, 7) is 4.03. The highest BCUT2D eigenvalue weighted by atomic mass is 16.1. The lowest BCUT2D eigenvalue weighted by Gasteiger charge is -2.05. The molecule has 1 aromatic heterocycles. The predicted octanol–water partition coefficient (Wildman–Crippen LogP) is 2.16. The topological polar surface area (TPSA) is 22.0 Å². The molecule has 0 aliphatic carbocycles. The molecule has 1 aromatic carbocycles. The highest BCUT2D eigenvalue weighted by Crippen LogP contribution is 2.15. The zero-order chi connectivity index (χ0) is 10.3. The lowest BCUT2D eigenvalue weighted by Crippen LogP contribution is -2.16. The Labute approximate surface area is 82.8 Å². The highest BCUT2D eigenvalue weighted by molar-refractivity contribution is 5.85. The smallest absolute Gasteiger partial charge is 0.258 e. The van der Waals surface area contributed by atoms with Crippen molar-refractivity contribution in [2.75, 3.05) is 0 Å². The van der Waals surface area contributed by atoms with Crippen LogP contribution in [0.5, 0.6) is 0 Å². The van der Waals surface area contributed by atoms with E-state index in [-0.39, 0.29) is 5.56 Å². The van der Waals surface area contributed by atoms with Gasteiger partial charge in [0.25, 0.3) is 5.56 Å². The van der Waals surface area contributed by atoms with Crippen LogP contribution in [0.2, 0.25) is 0 Å². The third-order valence-corrected chi connectivity index (χ3v) is 2.54. The SMILES string of the molecule is Cc1ccc2c(C)cn(C)c(=O)c2c1. The summed E-state index contributed by atoms with van der Waals surface area (Å²) in [5, 5.41) is 1.87. The molecule has 0 atom stereocenters. The van der Waals surface area contributed by atoms with Gasteiger partial charge in [0.2, 0.25) is 0 Å². The average Bonchev–Trinajstić information content (AvgIpc) is 2.14. The maximum absolute atomic E-state index is 11.8. The zero-order valence-corrected chi connectivity index (χ0v) is 8.66. The molecule has 0 N–H and O–H groups in total. The zero-order valence-electron chi connectivity index (χ0n) is 8.66. The third kappa shape index (κ3) is 1.23. The van der Waals surface area contributed by atoms with E-state index in [1.54, 1.807) is 11.6 Å². The van der Waals surface area contributed by atoms with Crippen LogP contribution in [0.15, 0.2) is 29.2 Å². The summed E-state index contributed by atoms with van der Waals surface area (Å²) < 4.78 is 1.64. The summed E-state index contributed by atoms with van der Waals surface area (Å²) in [7, 11) is 1.79. The fourth-order valence-corrected chi connectivity index (χ4v) is 1.79. The van der Waals surface area contributed by atoms with Crippen molar-refractivity contribution >= 4 is 10.8 Å². The summed E-state index contributed by atoms with van der Waals surface area (Å²) in [6.07, 6.45) is 1.88. The normalized spacial score (nSPS) is 10.8. The first-order chi connectivity index (χ1) is 6.59. The second kappa shape index (κ2) is 2.98. The van der Waals surface area contributed by atoms with Crippen molar-refractivity contribution in [1.29, 1.82) is 0 Å². The molecule has 0 unspecified atom stereocenters. The molecule has 1 heterocycles. The molecule has 0 fully saturated rings. The Morgan fingerprint density at radius 2 is 1.86 bits per heavy atom. The average molecular weight is 187 g/mol. The molecule has 0 spiro atoms. The minimum atomic E-state index is 0.0781. The van der Waals surface area contributed by atoms with E-state index >= 15 is 0 Å². The van der Waals surface area contributed by atoms with Crippen LogP contribution >= 0.6 is 0 Å². The molecular formula is C12H13NO. The van der Waals surface area contributed by atoms with Crippen LogP contribution in [0.1, 0.15) is 11.1 Å². The number of fused-ring (bicyclic) bond motifs is 1. The van der Waals surface area contributed by atoms with Gasteiger partial charge in [0.1, 0.15) is 0 Å². The van der Waals surface area contributed by atoms with Gasteiger partial charge in [-0.2, -0.15) is 0 Å². The van der Waals surface area contributed by atoms with Gasteiger partial charge in [-0.3, -0.25) is 4.79 Å². The minimum absolute atomic E-state index is 0.0781. The van der Waals surface area contributed by atoms with Crippen LogP contribution in [0.25, 0.3) is 10.8 Å². The first-order valence-electron chi connectivity index (χ1n) is 4.66. The first kappa shape index (κ1) is 9.00. The number of aromatic nitrogens is 1. The van der Waals surface area contributed by atoms with Crippen molar-refractivity contribution in [2.24, 2.45) is 7.05 Å². The fraction of sp³-hybridized carbons (Fsp3) is 0.250. The second-order valence-electron chi connectivity index (χ2n) is 3.78. The molecule has 2 heteroatoms. The van der Waals surface area contributed by atoms with Crippen molar-refractivity contribution in [1.82, 2.24) is 4.57 Å². The summed E-state index contributed by atoms with van der Waals surface area (Å²) in [6, 6.07) is 6.00. The van der Waals surface area contributed by atoms with Gasteiger partial charge in [0.05, 0.1) is 0 Å². The van der Waals surface area contributed by atoms with Crippen LogP contribution in [-0.4, -0.2) is 4.57 Å². The Balaban J connectivity index is 3.03. The van der Waals surface area contributed by atoms with Gasteiger partial charge in [-0.15, -0.1) is 0 Å². The van der Waals surface area contributed by atoms with Gasteiger partial charge in [-0.25, -0.2) is 0 Å². The maximum Gasteiger partial charge on any atom is 0.258 e. The fourth-order valence-electron chi connectivity index (χ4n) is 1.79. The first-order valence-corrected chi connectivity index (χ1v) is 4.66. The van der Waals surface area contributed by atoms with E-state index in [1.165, 1.54) is 0 Å². The molecule has 2 nitrogen and oxygen atoms in total. The van der Waals surface area contributed by atoms with E-state index in [1.807, 2.05) is 38.2 Å². The molecule has 0 radical (unpaired) electrons. The maximum atomic E-state index is 11.8. The van der Waals surface area contributed by atoms with Crippen LogP contribution in [0.4, 0.5) is 0 Å². The number of rotatable bonds is 0. The predicted molar refractivity (Wildman–Crippen MR) is 58.7 cm³/mol. The molecule has 0 aliphatic heterocycles. The van der Waals surface area contributed by atoms with Gasteiger partial charge in [-0.1, -0.05) is 17.7 Å². The number of nitrogens with zero attached hydrogens (tertiary/aromatic N) is 1. The van der Waals surface area contributed by atoms with Crippen molar-refractivity contribution in [3.05, 3.63) is 45.9 Å². The van der Waals surface area contributed by atoms with E-state index in [0.29, 0.717) is 0 Å². The summed E-state index contributed by atoms with van der Waals surface area (Å²) in [4.78, 5) is 11.8. The molecule has 2 aromatic rings. The molecule has 0 bridgehead atoms. The highest BCUT2D eigenvalue weighted by Gasteiger charge is 2.03. The van der Waals surface area contributed by atoms with Gasteiger partial charge >= 0.3 is 0 Å². The molecule has 72 valence electrons. The van der Waals surface area contributed by atoms with Crippen LogP contribution < -0.4 is 5.56 Å². The lowest BCUT2D eigenvalue weighted by molar-refractivity contribution is 0.866.